The van der Waals surface area contributed by atoms with Crippen LogP contribution < -0.4 is 10.6 Å². The van der Waals surface area contributed by atoms with Crippen molar-refractivity contribution in [1.82, 2.24) is 5.32 Å². The normalized spacial score (nSPS) is 28.7. The first-order valence-electron chi connectivity index (χ1n) is 6.57. The zero-order valence-electron chi connectivity index (χ0n) is 10.7. The molecule has 1 amide bonds. The average Bonchev–Trinajstić information content (AvgIpc) is 2.98. The lowest BCUT2D eigenvalue weighted by Crippen LogP contribution is -2.33. The smallest absolute Gasteiger partial charge is 0.229 e. The molecule has 2 bridgehead atoms. The molecule has 2 saturated heterocycles. The Bertz CT molecular complexity index is 534. The quantitative estimate of drug-likeness (QED) is 0.877. The maximum atomic E-state index is 13.4. The number of rotatable bonds is 2. The maximum Gasteiger partial charge on any atom is 0.229 e. The Morgan fingerprint density at radius 1 is 1.47 bits per heavy atom. The molecule has 0 radical (unpaired) electrons. The summed E-state index contributed by atoms with van der Waals surface area (Å²) >= 11 is 3.15. The van der Waals surface area contributed by atoms with E-state index in [1.54, 1.807) is 13.0 Å². The van der Waals surface area contributed by atoms with Crippen LogP contribution in [0.3, 0.4) is 0 Å². The fourth-order valence-corrected chi connectivity index (χ4v) is 3.46. The van der Waals surface area contributed by atoms with Gasteiger partial charge < -0.3 is 10.6 Å². The number of nitrogens with one attached hydrogen (secondary N) is 2. The largest absolute Gasteiger partial charge is 0.326 e. The second kappa shape index (κ2) is 4.87. The van der Waals surface area contributed by atoms with Crippen LogP contribution in [0.5, 0.6) is 0 Å². The highest BCUT2D eigenvalue weighted by Gasteiger charge is 2.42. The molecule has 0 aliphatic carbocycles. The van der Waals surface area contributed by atoms with E-state index >= 15 is 0 Å². The third kappa shape index (κ3) is 2.41. The summed E-state index contributed by atoms with van der Waals surface area (Å²) in [7, 11) is 0. The number of benzene rings is 1. The Morgan fingerprint density at radius 3 is 2.89 bits per heavy atom. The van der Waals surface area contributed by atoms with Gasteiger partial charge in [0.2, 0.25) is 5.91 Å². The Kier molecular flexibility index (Phi) is 3.35. The van der Waals surface area contributed by atoms with Crippen LogP contribution in [0.25, 0.3) is 0 Å². The molecule has 3 atom stereocenters. The van der Waals surface area contributed by atoms with Crippen molar-refractivity contribution < 1.29 is 9.18 Å². The molecule has 2 aliphatic rings. The Hall–Kier alpha value is -0.940. The molecule has 1 aromatic carbocycles. The van der Waals surface area contributed by atoms with Crippen LogP contribution in [0.4, 0.5) is 10.1 Å². The van der Waals surface area contributed by atoms with E-state index in [1.165, 1.54) is 12.5 Å². The molecule has 102 valence electrons. The summed E-state index contributed by atoms with van der Waals surface area (Å²) in [6.07, 6.45) is 3.17. The van der Waals surface area contributed by atoms with Gasteiger partial charge in [-0.15, -0.1) is 0 Å². The highest BCUT2D eigenvalue weighted by molar-refractivity contribution is 9.10. The molecule has 19 heavy (non-hydrogen) atoms. The molecule has 5 heteroatoms. The van der Waals surface area contributed by atoms with E-state index in [0.29, 0.717) is 22.2 Å². The van der Waals surface area contributed by atoms with E-state index < -0.39 is 0 Å². The number of halogens is 2. The first-order valence-corrected chi connectivity index (χ1v) is 7.36. The molecule has 0 spiro atoms. The van der Waals surface area contributed by atoms with E-state index in [2.05, 4.69) is 26.6 Å². The lowest BCUT2D eigenvalue weighted by molar-refractivity contribution is -0.120. The summed E-state index contributed by atoms with van der Waals surface area (Å²) in [6, 6.07) is 3.87. The third-order valence-corrected chi connectivity index (χ3v) is 4.77. The van der Waals surface area contributed by atoms with Crippen LogP contribution in [-0.4, -0.2) is 18.0 Å². The second-order valence-electron chi connectivity index (χ2n) is 5.46. The van der Waals surface area contributed by atoms with Crippen molar-refractivity contribution in [2.45, 2.75) is 38.3 Å². The summed E-state index contributed by atoms with van der Waals surface area (Å²) in [4.78, 5) is 12.3. The van der Waals surface area contributed by atoms with Gasteiger partial charge in [-0.25, -0.2) is 4.39 Å². The number of anilines is 1. The summed E-state index contributed by atoms with van der Waals surface area (Å²) in [6.45, 7) is 1.80. The van der Waals surface area contributed by atoms with Gasteiger partial charge in [-0.2, -0.15) is 0 Å². The molecular weight excluding hydrogens is 311 g/mol. The standard InChI is InChI=1S/C14H16BrFN2O/c1-7-4-11(16)10(15)6-13(7)18-14(19)9-5-8-2-3-12(9)17-8/h4,6,8-9,12,17H,2-3,5H2,1H3,(H,18,19). The van der Waals surface area contributed by atoms with Crippen molar-refractivity contribution in [3.8, 4) is 0 Å². The number of hydrogen-bond acceptors (Lipinski definition) is 2. The number of amides is 1. The van der Waals surface area contributed by atoms with Gasteiger partial charge in [0.25, 0.3) is 0 Å². The van der Waals surface area contributed by atoms with E-state index in [4.69, 9.17) is 0 Å². The van der Waals surface area contributed by atoms with Gasteiger partial charge in [0, 0.05) is 17.8 Å². The van der Waals surface area contributed by atoms with Gasteiger partial charge in [-0.3, -0.25) is 4.79 Å². The van der Waals surface area contributed by atoms with Gasteiger partial charge >= 0.3 is 0 Å². The highest BCUT2D eigenvalue weighted by Crippen LogP contribution is 2.34. The summed E-state index contributed by atoms with van der Waals surface area (Å²) in [5.41, 5.74) is 1.42. The van der Waals surface area contributed by atoms with Crippen molar-refractivity contribution in [2.24, 2.45) is 5.92 Å². The number of hydrogen-bond donors (Lipinski definition) is 2. The molecule has 2 aliphatic heterocycles. The van der Waals surface area contributed by atoms with Gasteiger partial charge in [0.05, 0.1) is 10.4 Å². The summed E-state index contributed by atoms with van der Waals surface area (Å²) in [5.74, 6) is -0.222. The fraction of sp³-hybridized carbons (Fsp3) is 0.500. The highest BCUT2D eigenvalue weighted by atomic mass is 79.9. The molecule has 1 aromatic rings. The average molecular weight is 327 g/mol. The first-order chi connectivity index (χ1) is 9.04. The van der Waals surface area contributed by atoms with Crippen molar-refractivity contribution in [3.63, 3.8) is 0 Å². The molecule has 2 fully saturated rings. The van der Waals surface area contributed by atoms with E-state index in [1.807, 2.05) is 0 Å². The van der Waals surface area contributed by atoms with Crippen LogP contribution in [0.15, 0.2) is 16.6 Å². The molecule has 0 saturated carbocycles. The summed E-state index contributed by atoms with van der Waals surface area (Å²) in [5, 5.41) is 6.38. The van der Waals surface area contributed by atoms with Crippen molar-refractivity contribution >= 4 is 27.5 Å². The minimum Gasteiger partial charge on any atom is -0.326 e. The first kappa shape index (κ1) is 13.1. The van der Waals surface area contributed by atoms with Gasteiger partial charge in [0.1, 0.15) is 5.82 Å². The van der Waals surface area contributed by atoms with E-state index in [-0.39, 0.29) is 17.6 Å². The predicted molar refractivity (Wildman–Crippen MR) is 75.5 cm³/mol. The summed E-state index contributed by atoms with van der Waals surface area (Å²) < 4.78 is 13.7. The zero-order chi connectivity index (χ0) is 13.6. The Labute approximate surface area is 120 Å². The molecule has 2 heterocycles. The molecule has 3 nitrogen and oxygen atoms in total. The van der Waals surface area contributed by atoms with E-state index in [0.717, 1.165) is 18.4 Å². The lowest BCUT2D eigenvalue weighted by Gasteiger charge is -2.20. The van der Waals surface area contributed by atoms with Gasteiger partial charge in [-0.1, -0.05) is 0 Å². The molecular formula is C14H16BrFN2O. The lowest BCUT2D eigenvalue weighted by atomic mass is 9.88. The fourth-order valence-electron chi connectivity index (χ4n) is 3.12. The maximum absolute atomic E-state index is 13.4. The minimum atomic E-state index is -0.308. The number of carbonyl (C=O) groups is 1. The van der Waals surface area contributed by atoms with Crippen LogP contribution in [0.1, 0.15) is 24.8 Å². The molecule has 2 N–H and O–H groups in total. The molecule has 3 rings (SSSR count). The SMILES string of the molecule is Cc1cc(F)c(Br)cc1NC(=O)C1CC2CCC1N2. The second-order valence-corrected chi connectivity index (χ2v) is 6.31. The van der Waals surface area contributed by atoms with Crippen LogP contribution in [0, 0.1) is 18.7 Å². The molecule has 0 aromatic heterocycles. The molecule has 3 unspecified atom stereocenters. The Balaban J connectivity index is 1.75. The van der Waals surface area contributed by atoms with Gasteiger partial charge in [-0.05, 0) is 59.8 Å². The predicted octanol–water partition coefficient (Wildman–Crippen LogP) is 2.98. The van der Waals surface area contributed by atoms with Crippen molar-refractivity contribution in [3.05, 3.63) is 28.0 Å². The number of carbonyl (C=O) groups excluding carboxylic acids is 1. The van der Waals surface area contributed by atoms with Crippen molar-refractivity contribution in [1.29, 1.82) is 0 Å². The van der Waals surface area contributed by atoms with Gasteiger partial charge in [0.15, 0.2) is 0 Å². The monoisotopic (exact) mass is 326 g/mol. The minimum absolute atomic E-state index is 0.0429. The number of fused-ring (bicyclic) bond motifs is 2. The van der Waals surface area contributed by atoms with E-state index in [9.17, 15) is 9.18 Å². The van der Waals surface area contributed by atoms with Crippen LogP contribution in [0.2, 0.25) is 0 Å². The van der Waals surface area contributed by atoms with Crippen LogP contribution >= 0.6 is 15.9 Å². The number of aryl methyl sites for hydroxylation is 1. The topological polar surface area (TPSA) is 41.1 Å². The Morgan fingerprint density at radius 2 is 2.26 bits per heavy atom. The zero-order valence-corrected chi connectivity index (χ0v) is 12.3. The third-order valence-electron chi connectivity index (χ3n) is 4.16. The van der Waals surface area contributed by atoms with Crippen LogP contribution in [-0.2, 0) is 4.79 Å². The van der Waals surface area contributed by atoms with Crippen molar-refractivity contribution in [2.75, 3.05) is 5.32 Å².